The zero-order chi connectivity index (χ0) is 22.3. The van der Waals surface area contributed by atoms with Crippen LogP contribution in [-0.2, 0) is 6.54 Å². The van der Waals surface area contributed by atoms with Gasteiger partial charge in [0.05, 0.1) is 11.4 Å². The molecule has 0 saturated carbocycles. The van der Waals surface area contributed by atoms with Crippen LogP contribution < -0.4 is 20.3 Å². The molecule has 0 aliphatic carbocycles. The number of anilines is 1. The van der Waals surface area contributed by atoms with Crippen molar-refractivity contribution in [3.63, 3.8) is 0 Å². The summed E-state index contributed by atoms with van der Waals surface area (Å²) in [6.07, 6.45) is 4.01. The minimum atomic E-state index is -2.85. The molecule has 2 aromatic carbocycles. The van der Waals surface area contributed by atoms with Crippen LogP contribution in [-0.4, -0.2) is 53.5 Å². The maximum atomic E-state index is 12.7. The van der Waals surface area contributed by atoms with E-state index in [1.165, 1.54) is 6.33 Å². The van der Waals surface area contributed by atoms with E-state index in [1.807, 2.05) is 35.2 Å². The molecule has 3 aromatic rings. The van der Waals surface area contributed by atoms with Crippen LogP contribution in [0.4, 0.5) is 14.5 Å². The van der Waals surface area contributed by atoms with Gasteiger partial charge in [-0.15, -0.1) is 24.0 Å². The number of nitrogens with zero attached hydrogens (tertiary/aromatic N) is 5. The number of benzene rings is 2. The predicted molar refractivity (Wildman–Crippen MR) is 134 cm³/mol. The number of aromatic nitrogens is 3. The summed E-state index contributed by atoms with van der Waals surface area (Å²) in [5.74, 6) is 0.884. The van der Waals surface area contributed by atoms with E-state index in [4.69, 9.17) is 0 Å². The van der Waals surface area contributed by atoms with Crippen molar-refractivity contribution >= 4 is 35.6 Å². The highest BCUT2D eigenvalue weighted by molar-refractivity contribution is 14.0. The summed E-state index contributed by atoms with van der Waals surface area (Å²) >= 11 is 0. The van der Waals surface area contributed by atoms with Crippen molar-refractivity contribution in [3.8, 4) is 11.4 Å². The number of guanidine groups is 1. The fourth-order valence-corrected chi connectivity index (χ4v) is 3.69. The highest BCUT2D eigenvalue weighted by Gasteiger charge is 2.26. The van der Waals surface area contributed by atoms with Crippen molar-refractivity contribution in [2.45, 2.75) is 25.6 Å². The monoisotopic (exact) mass is 569 g/mol. The molecule has 1 fully saturated rings. The molecule has 0 spiro atoms. The average molecular weight is 569 g/mol. The van der Waals surface area contributed by atoms with Gasteiger partial charge in [0.1, 0.15) is 18.4 Å². The van der Waals surface area contributed by atoms with Crippen LogP contribution in [0.5, 0.6) is 5.75 Å². The highest BCUT2D eigenvalue weighted by atomic mass is 127. The lowest BCUT2D eigenvalue weighted by Gasteiger charge is -2.22. The molecular formula is C22H26F2IN7O. The Kier molecular flexibility index (Phi) is 8.80. The highest BCUT2D eigenvalue weighted by Crippen LogP contribution is 2.31. The van der Waals surface area contributed by atoms with E-state index in [9.17, 15) is 8.78 Å². The van der Waals surface area contributed by atoms with E-state index in [1.54, 1.807) is 36.3 Å². The number of nitrogens with one attached hydrogen (secondary N) is 2. The number of halogens is 3. The molecule has 1 saturated heterocycles. The third-order valence-corrected chi connectivity index (χ3v) is 5.25. The van der Waals surface area contributed by atoms with Gasteiger partial charge < -0.3 is 20.3 Å². The van der Waals surface area contributed by atoms with Crippen molar-refractivity contribution in [2.24, 2.45) is 4.99 Å². The molecule has 1 aromatic heterocycles. The van der Waals surface area contributed by atoms with Crippen molar-refractivity contribution in [2.75, 3.05) is 25.0 Å². The van der Waals surface area contributed by atoms with Crippen LogP contribution >= 0.6 is 24.0 Å². The predicted octanol–water partition coefficient (Wildman–Crippen LogP) is 3.43. The molecule has 2 heterocycles. The minimum absolute atomic E-state index is 0. The molecule has 176 valence electrons. The molecule has 1 atom stereocenters. The van der Waals surface area contributed by atoms with E-state index in [0.29, 0.717) is 24.7 Å². The van der Waals surface area contributed by atoms with Crippen LogP contribution in [0.25, 0.3) is 5.69 Å². The zero-order valence-electron chi connectivity index (χ0n) is 18.1. The van der Waals surface area contributed by atoms with Crippen LogP contribution in [0.1, 0.15) is 12.0 Å². The van der Waals surface area contributed by atoms with Gasteiger partial charge in [-0.2, -0.15) is 13.9 Å². The van der Waals surface area contributed by atoms with Gasteiger partial charge >= 0.3 is 6.61 Å². The number of aliphatic imine (C=N–C) groups is 1. The quantitative estimate of drug-likeness (QED) is 0.258. The molecule has 2 N–H and O–H groups in total. The van der Waals surface area contributed by atoms with Gasteiger partial charge in [0.2, 0.25) is 0 Å². The van der Waals surface area contributed by atoms with Gasteiger partial charge in [-0.3, -0.25) is 4.99 Å². The summed E-state index contributed by atoms with van der Waals surface area (Å²) in [6, 6.07) is 15.0. The Balaban J connectivity index is 0.00000306. The fraction of sp³-hybridized carbons (Fsp3) is 0.318. The maximum Gasteiger partial charge on any atom is 0.387 e. The molecule has 1 aliphatic rings. The van der Waals surface area contributed by atoms with Gasteiger partial charge in [0.25, 0.3) is 0 Å². The van der Waals surface area contributed by atoms with E-state index in [2.05, 4.69) is 30.4 Å². The van der Waals surface area contributed by atoms with E-state index in [0.717, 1.165) is 24.2 Å². The number of hydrogen-bond acceptors (Lipinski definition) is 5. The summed E-state index contributed by atoms with van der Waals surface area (Å²) in [5, 5.41) is 10.9. The maximum absolute atomic E-state index is 12.7. The Labute approximate surface area is 208 Å². The summed E-state index contributed by atoms with van der Waals surface area (Å²) in [7, 11) is 1.72. The van der Waals surface area contributed by atoms with E-state index in [-0.39, 0.29) is 35.8 Å². The number of ether oxygens (including phenoxy) is 1. The van der Waals surface area contributed by atoms with Crippen LogP contribution in [0.15, 0.2) is 66.2 Å². The van der Waals surface area contributed by atoms with Gasteiger partial charge in [0.15, 0.2) is 5.96 Å². The van der Waals surface area contributed by atoms with Gasteiger partial charge in [0, 0.05) is 32.7 Å². The first-order chi connectivity index (χ1) is 15.6. The van der Waals surface area contributed by atoms with Gasteiger partial charge in [-0.1, -0.05) is 24.3 Å². The smallest absolute Gasteiger partial charge is 0.387 e. The number of rotatable bonds is 7. The second-order valence-corrected chi connectivity index (χ2v) is 7.35. The molecule has 11 heteroatoms. The lowest BCUT2D eigenvalue weighted by Crippen LogP contribution is -2.44. The summed E-state index contributed by atoms with van der Waals surface area (Å²) in [5.41, 5.74) is 2.71. The van der Waals surface area contributed by atoms with Crippen LogP contribution in [0.2, 0.25) is 0 Å². The van der Waals surface area contributed by atoms with Gasteiger partial charge in [-0.05, 0) is 36.2 Å². The fourth-order valence-electron chi connectivity index (χ4n) is 3.69. The second-order valence-electron chi connectivity index (χ2n) is 7.35. The number of hydrogen-bond donors (Lipinski definition) is 2. The largest absolute Gasteiger partial charge is 0.433 e. The molecule has 0 amide bonds. The van der Waals surface area contributed by atoms with Crippen molar-refractivity contribution in [1.29, 1.82) is 0 Å². The summed E-state index contributed by atoms with van der Waals surface area (Å²) < 4.78 is 31.8. The summed E-state index contributed by atoms with van der Waals surface area (Å²) in [6.45, 7) is -0.835. The molecule has 8 nitrogen and oxygen atoms in total. The number of para-hydroxylation sites is 2. The minimum Gasteiger partial charge on any atom is -0.433 e. The van der Waals surface area contributed by atoms with Crippen LogP contribution in [0.3, 0.4) is 0 Å². The average Bonchev–Trinajstić information content (AvgIpc) is 3.49. The summed E-state index contributed by atoms with van der Waals surface area (Å²) in [4.78, 5) is 10.3. The Bertz CT molecular complexity index is 1030. The third-order valence-electron chi connectivity index (χ3n) is 5.25. The van der Waals surface area contributed by atoms with Crippen molar-refractivity contribution < 1.29 is 13.5 Å². The number of alkyl halides is 2. The van der Waals surface area contributed by atoms with Crippen molar-refractivity contribution in [3.05, 3.63) is 66.7 Å². The SMILES string of the molecule is CN=C(NCc1ccc(-n2cncn2)cc1)NC1CCN(c2ccccc2OC(F)F)C1.I. The lowest BCUT2D eigenvalue weighted by atomic mass is 10.2. The van der Waals surface area contributed by atoms with E-state index >= 15 is 0 Å². The van der Waals surface area contributed by atoms with Gasteiger partial charge in [-0.25, -0.2) is 9.67 Å². The zero-order valence-corrected chi connectivity index (χ0v) is 20.4. The lowest BCUT2D eigenvalue weighted by molar-refractivity contribution is -0.0495. The molecule has 4 rings (SSSR count). The second kappa shape index (κ2) is 11.8. The molecular weight excluding hydrogens is 543 g/mol. The molecule has 0 bridgehead atoms. The molecule has 33 heavy (non-hydrogen) atoms. The third kappa shape index (κ3) is 6.53. The first-order valence-corrected chi connectivity index (χ1v) is 10.3. The van der Waals surface area contributed by atoms with E-state index < -0.39 is 6.61 Å². The Hall–Kier alpha value is -2.96. The topological polar surface area (TPSA) is 79.6 Å². The normalized spacial score (nSPS) is 15.9. The van der Waals surface area contributed by atoms with Crippen LogP contribution in [0, 0.1) is 0 Å². The molecule has 0 radical (unpaired) electrons. The Morgan fingerprint density at radius 2 is 2.00 bits per heavy atom. The first-order valence-electron chi connectivity index (χ1n) is 10.3. The Morgan fingerprint density at radius 1 is 1.21 bits per heavy atom. The standard InChI is InChI=1S/C22H25F2N7O.HI/c1-25-22(27-12-16-6-8-18(9-7-16)31-15-26-14-28-31)29-17-10-11-30(13-17)19-4-2-3-5-20(19)32-21(23)24;/h2-9,14-15,17,21H,10-13H2,1H3,(H2,25,27,29);1H. The Morgan fingerprint density at radius 3 is 2.70 bits per heavy atom. The first kappa shape index (κ1) is 24.7. The van der Waals surface area contributed by atoms with Crippen molar-refractivity contribution in [1.82, 2.24) is 25.4 Å². The molecule has 1 aliphatic heterocycles. The molecule has 1 unspecified atom stereocenters.